The van der Waals surface area contributed by atoms with Crippen LogP contribution in [0.4, 0.5) is 0 Å². The van der Waals surface area contributed by atoms with Crippen LogP contribution in [0.15, 0.2) is 16.3 Å². The summed E-state index contributed by atoms with van der Waals surface area (Å²) in [6.45, 7) is 9.10. The molecule has 0 saturated carbocycles. The molecule has 1 atom stereocenters. The highest BCUT2D eigenvalue weighted by Crippen LogP contribution is 2.42. The number of nitrogens with zero attached hydrogens (tertiary/aromatic N) is 1. The number of hydrogen-bond donors (Lipinski definition) is 1. The van der Waals surface area contributed by atoms with E-state index >= 15 is 0 Å². The lowest BCUT2D eigenvalue weighted by atomic mass is 9.71. The summed E-state index contributed by atoms with van der Waals surface area (Å²) >= 11 is 0. The van der Waals surface area contributed by atoms with Crippen LogP contribution in [-0.4, -0.2) is 11.4 Å². The first kappa shape index (κ1) is 13.3. The van der Waals surface area contributed by atoms with Gasteiger partial charge in [0.1, 0.15) is 0 Å². The van der Waals surface area contributed by atoms with Gasteiger partial charge < -0.3 is 5.21 Å². The number of allylic oxidation sites excluding steroid dienone is 2. The van der Waals surface area contributed by atoms with Crippen LogP contribution in [0.2, 0.25) is 0 Å². The molecule has 16 heavy (non-hydrogen) atoms. The first-order chi connectivity index (χ1) is 7.47. The molecule has 2 nitrogen and oxygen atoms in total. The van der Waals surface area contributed by atoms with Crippen molar-refractivity contribution in [3.8, 4) is 0 Å². The molecule has 0 saturated heterocycles. The fourth-order valence-corrected chi connectivity index (χ4v) is 2.79. The molecule has 1 unspecified atom stereocenters. The molecule has 0 fully saturated rings. The van der Waals surface area contributed by atoms with Crippen molar-refractivity contribution in [1.82, 2.24) is 0 Å². The Balaban J connectivity index is 2.63. The molecule has 1 N–H and O–H groups in total. The van der Waals surface area contributed by atoms with Gasteiger partial charge in [-0.25, -0.2) is 0 Å². The highest BCUT2D eigenvalue weighted by atomic mass is 16.4. The van der Waals surface area contributed by atoms with Gasteiger partial charge in [-0.1, -0.05) is 31.9 Å². The molecule has 92 valence electrons. The average Bonchev–Trinajstić information content (AvgIpc) is 2.16. The predicted molar refractivity (Wildman–Crippen MR) is 69.0 cm³/mol. The molecule has 0 spiro atoms. The Labute approximate surface area is 99.4 Å². The van der Waals surface area contributed by atoms with Crippen LogP contribution < -0.4 is 0 Å². The molecule has 0 aromatic rings. The maximum Gasteiger partial charge on any atom is 0.0464 e. The fourth-order valence-electron chi connectivity index (χ4n) is 2.79. The van der Waals surface area contributed by atoms with E-state index in [1.165, 1.54) is 19.3 Å². The summed E-state index contributed by atoms with van der Waals surface area (Å²) in [5.41, 5.74) is 3.60. The minimum Gasteiger partial charge on any atom is -0.411 e. The molecule has 0 amide bonds. The SMILES string of the molecule is CC1=C(CCC(C)C=NO)C(C)(C)CCC1. The summed E-state index contributed by atoms with van der Waals surface area (Å²) in [5.74, 6) is 0.364. The highest BCUT2D eigenvalue weighted by molar-refractivity contribution is 5.59. The van der Waals surface area contributed by atoms with Crippen LogP contribution in [0.25, 0.3) is 0 Å². The summed E-state index contributed by atoms with van der Waals surface area (Å²) in [6, 6.07) is 0. The molecule has 0 radical (unpaired) electrons. The Bertz CT molecular complexity index is 289. The Morgan fingerprint density at radius 3 is 2.75 bits per heavy atom. The maximum absolute atomic E-state index is 8.49. The molecule has 0 aliphatic heterocycles. The molecular weight excluding hydrogens is 198 g/mol. The Kier molecular flexibility index (Phi) is 4.57. The van der Waals surface area contributed by atoms with Crippen LogP contribution in [0, 0.1) is 11.3 Å². The van der Waals surface area contributed by atoms with Gasteiger partial charge in [0.2, 0.25) is 0 Å². The molecule has 0 heterocycles. The van der Waals surface area contributed by atoms with Gasteiger partial charge in [0.25, 0.3) is 0 Å². The van der Waals surface area contributed by atoms with Crippen molar-refractivity contribution >= 4 is 6.21 Å². The van der Waals surface area contributed by atoms with E-state index < -0.39 is 0 Å². The van der Waals surface area contributed by atoms with Gasteiger partial charge in [-0.15, -0.1) is 5.16 Å². The van der Waals surface area contributed by atoms with Crippen LogP contribution in [-0.2, 0) is 0 Å². The quantitative estimate of drug-likeness (QED) is 0.326. The molecule has 0 bridgehead atoms. The van der Waals surface area contributed by atoms with Gasteiger partial charge in [-0.3, -0.25) is 0 Å². The molecule has 0 aromatic carbocycles. The summed E-state index contributed by atoms with van der Waals surface area (Å²) < 4.78 is 0. The zero-order chi connectivity index (χ0) is 12.2. The third kappa shape index (κ3) is 3.36. The van der Waals surface area contributed by atoms with E-state index in [1.807, 2.05) is 0 Å². The first-order valence-corrected chi connectivity index (χ1v) is 6.34. The smallest absolute Gasteiger partial charge is 0.0464 e. The van der Waals surface area contributed by atoms with Crippen molar-refractivity contribution in [3.05, 3.63) is 11.1 Å². The second-order valence-corrected chi connectivity index (χ2v) is 5.78. The van der Waals surface area contributed by atoms with Crippen molar-refractivity contribution in [2.45, 2.75) is 59.8 Å². The van der Waals surface area contributed by atoms with Crippen molar-refractivity contribution in [2.24, 2.45) is 16.5 Å². The number of hydrogen-bond acceptors (Lipinski definition) is 2. The van der Waals surface area contributed by atoms with Gasteiger partial charge in [0, 0.05) is 6.21 Å². The van der Waals surface area contributed by atoms with Crippen LogP contribution in [0.5, 0.6) is 0 Å². The summed E-state index contributed by atoms with van der Waals surface area (Å²) in [5, 5.41) is 11.6. The lowest BCUT2D eigenvalue weighted by Gasteiger charge is -2.35. The van der Waals surface area contributed by atoms with Gasteiger partial charge in [0.05, 0.1) is 0 Å². The number of oxime groups is 1. The Morgan fingerprint density at radius 2 is 2.19 bits per heavy atom. The van der Waals surface area contributed by atoms with Gasteiger partial charge in [-0.05, 0) is 50.4 Å². The lowest BCUT2D eigenvalue weighted by molar-refractivity contribution is 0.317. The van der Waals surface area contributed by atoms with Crippen molar-refractivity contribution in [2.75, 3.05) is 0 Å². The van der Waals surface area contributed by atoms with E-state index in [-0.39, 0.29) is 0 Å². The molecule has 1 aliphatic carbocycles. The van der Waals surface area contributed by atoms with Gasteiger partial charge in [-0.2, -0.15) is 0 Å². The zero-order valence-corrected chi connectivity index (χ0v) is 11.1. The third-order valence-electron chi connectivity index (χ3n) is 3.86. The topological polar surface area (TPSA) is 32.6 Å². The molecule has 2 heteroatoms. The van der Waals surface area contributed by atoms with Gasteiger partial charge in [0.15, 0.2) is 0 Å². The third-order valence-corrected chi connectivity index (χ3v) is 3.86. The maximum atomic E-state index is 8.49. The van der Waals surface area contributed by atoms with E-state index in [4.69, 9.17) is 5.21 Å². The highest BCUT2D eigenvalue weighted by Gasteiger charge is 2.27. The van der Waals surface area contributed by atoms with E-state index in [9.17, 15) is 0 Å². The molecule has 0 aromatic heterocycles. The minimum atomic E-state index is 0.364. The summed E-state index contributed by atoms with van der Waals surface area (Å²) in [7, 11) is 0. The zero-order valence-electron chi connectivity index (χ0n) is 11.1. The van der Waals surface area contributed by atoms with Gasteiger partial charge >= 0.3 is 0 Å². The molecular formula is C14H25NO. The van der Waals surface area contributed by atoms with Crippen LogP contribution >= 0.6 is 0 Å². The van der Waals surface area contributed by atoms with Crippen LogP contribution in [0.3, 0.4) is 0 Å². The normalized spacial score (nSPS) is 22.8. The predicted octanol–water partition coefficient (Wildman–Crippen LogP) is 4.39. The second kappa shape index (κ2) is 5.51. The average molecular weight is 223 g/mol. The van der Waals surface area contributed by atoms with Crippen molar-refractivity contribution in [1.29, 1.82) is 0 Å². The standard InChI is InChI=1S/C14H25NO/c1-11(10-15-16)7-8-13-12(2)6-5-9-14(13,3)4/h10-11,16H,5-9H2,1-4H3. The van der Waals surface area contributed by atoms with Crippen molar-refractivity contribution < 1.29 is 5.21 Å². The first-order valence-electron chi connectivity index (χ1n) is 6.34. The van der Waals surface area contributed by atoms with E-state index in [0.717, 1.165) is 12.8 Å². The van der Waals surface area contributed by atoms with E-state index in [0.29, 0.717) is 11.3 Å². The lowest BCUT2D eigenvalue weighted by Crippen LogP contribution is -2.21. The fraction of sp³-hybridized carbons (Fsp3) is 0.786. The van der Waals surface area contributed by atoms with Crippen molar-refractivity contribution in [3.63, 3.8) is 0 Å². The van der Waals surface area contributed by atoms with E-state index in [2.05, 4.69) is 32.9 Å². The molecule has 1 aliphatic rings. The Hall–Kier alpha value is -0.790. The minimum absolute atomic E-state index is 0.364. The van der Waals surface area contributed by atoms with E-state index in [1.54, 1.807) is 17.4 Å². The second-order valence-electron chi connectivity index (χ2n) is 5.78. The summed E-state index contributed by atoms with van der Waals surface area (Å²) in [6.07, 6.45) is 7.76. The Morgan fingerprint density at radius 1 is 1.50 bits per heavy atom. The monoisotopic (exact) mass is 223 g/mol. The number of rotatable bonds is 4. The van der Waals surface area contributed by atoms with Crippen LogP contribution in [0.1, 0.15) is 59.8 Å². The largest absolute Gasteiger partial charge is 0.411 e. The molecule has 1 rings (SSSR count). The summed E-state index contributed by atoms with van der Waals surface area (Å²) in [4.78, 5) is 0.